The van der Waals surface area contributed by atoms with Crippen molar-refractivity contribution in [2.45, 2.75) is 13.0 Å². The number of hydrogen-bond donors (Lipinski definition) is 3. The zero-order valence-electron chi connectivity index (χ0n) is 19.4. The lowest BCUT2D eigenvalue weighted by atomic mass is 9.97. The van der Waals surface area contributed by atoms with E-state index >= 15 is 0 Å². The fourth-order valence-corrected chi connectivity index (χ4v) is 4.25. The zero-order valence-corrected chi connectivity index (χ0v) is 19.4. The number of benzene rings is 2. The fourth-order valence-electron chi connectivity index (χ4n) is 4.25. The van der Waals surface area contributed by atoms with Crippen LogP contribution in [0.25, 0.3) is 6.08 Å². The van der Waals surface area contributed by atoms with Gasteiger partial charge in [-0.1, -0.05) is 30.3 Å². The summed E-state index contributed by atoms with van der Waals surface area (Å²) in [6.07, 6.45) is 7.13. The van der Waals surface area contributed by atoms with Crippen LogP contribution in [-0.2, 0) is 17.8 Å². The van der Waals surface area contributed by atoms with Crippen LogP contribution in [0.4, 0.5) is 5.69 Å². The van der Waals surface area contributed by atoms with Crippen molar-refractivity contribution >= 4 is 23.6 Å². The molecule has 2 amide bonds. The van der Waals surface area contributed by atoms with Crippen molar-refractivity contribution in [2.24, 2.45) is 5.73 Å². The van der Waals surface area contributed by atoms with Crippen molar-refractivity contribution in [3.05, 3.63) is 101 Å². The molecule has 1 saturated heterocycles. The van der Waals surface area contributed by atoms with Gasteiger partial charge in [0.05, 0.1) is 0 Å². The number of carbonyl (C=O) groups excluding carboxylic acids is 2. The average molecular weight is 472 g/mol. The summed E-state index contributed by atoms with van der Waals surface area (Å²) in [6, 6.07) is 17.6. The summed E-state index contributed by atoms with van der Waals surface area (Å²) in [5, 5.41) is 8.58. The van der Waals surface area contributed by atoms with E-state index in [0.717, 1.165) is 55.1 Å². The van der Waals surface area contributed by atoms with E-state index in [1.807, 2.05) is 48.7 Å². The Kier molecular flexibility index (Phi) is 7.87. The molecule has 8 nitrogen and oxygen atoms in total. The third kappa shape index (κ3) is 6.53. The minimum absolute atomic E-state index is 0.442. The molecular weight excluding hydrogens is 442 g/mol. The molecule has 0 aliphatic carbocycles. The molecule has 3 aromatic rings. The molecule has 0 unspecified atom stereocenters. The van der Waals surface area contributed by atoms with E-state index in [4.69, 9.17) is 10.9 Å². The van der Waals surface area contributed by atoms with Crippen molar-refractivity contribution in [2.75, 3.05) is 31.1 Å². The highest BCUT2D eigenvalue weighted by atomic mass is 16.5. The highest BCUT2D eigenvalue weighted by molar-refractivity contribution is 5.95. The van der Waals surface area contributed by atoms with E-state index in [9.17, 15) is 9.59 Å². The quantitative estimate of drug-likeness (QED) is 0.265. The van der Waals surface area contributed by atoms with Crippen LogP contribution in [0.5, 0.6) is 0 Å². The first kappa shape index (κ1) is 24.1. The maximum Gasteiger partial charge on any atom is 0.267 e. The van der Waals surface area contributed by atoms with Gasteiger partial charge in [-0.05, 0) is 59.0 Å². The smallest absolute Gasteiger partial charge is 0.267 e. The highest BCUT2D eigenvalue weighted by Gasteiger charge is 2.19. The summed E-state index contributed by atoms with van der Waals surface area (Å²) in [7, 11) is 0. The second-order valence-corrected chi connectivity index (χ2v) is 8.56. The Morgan fingerprint density at radius 1 is 1.03 bits per heavy atom. The lowest BCUT2D eigenvalue weighted by Gasteiger charge is -2.36. The van der Waals surface area contributed by atoms with Gasteiger partial charge >= 0.3 is 0 Å². The molecule has 2 aromatic carbocycles. The predicted octanol–water partition coefficient (Wildman–Crippen LogP) is 2.61. The number of primary amides is 1. The fraction of sp³-hybridized carbons (Fsp3) is 0.222. The molecule has 0 atom stereocenters. The van der Waals surface area contributed by atoms with Crippen LogP contribution in [0.2, 0.25) is 0 Å². The second-order valence-electron chi connectivity index (χ2n) is 8.56. The minimum atomic E-state index is -0.588. The number of nitrogens with zero attached hydrogens (tertiary/aromatic N) is 3. The topological polar surface area (TPSA) is 112 Å². The largest absolute Gasteiger partial charge is 0.369 e. The predicted molar refractivity (Wildman–Crippen MR) is 135 cm³/mol. The Morgan fingerprint density at radius 3 is 2.46 bits per heavy atom. The first-order valence-electron chi connectivity index (χ1n) is 11.5. The van der Waals surface area contributed by atoms with E-state index in [-0.39, 0.29) is 0 Å². The average Bonchev–Trinajstić information content (AvgIpc) is 2.89. The molecule has 35 heavy (non-hydrogen) atoms. The number of hydrogen-bond acceptors (Lipinski definition) is 6. The number of piperazine rings is 1. The van der Waals surface area contributed by atoms with E-state index in [0.29, 0.717) is 12.0 Å². The summed E-state index contributed by atoms with van der Waals surface area (Å²) in [5.74, 6) is -1.03. The number of pyridine rings is 1. The Morgan fingerprint density at radius 2 is 1.80 bits per heavy atom. The molecular formula is C27H29N5O3. The Labute approximate surface area is 204 Å². The summed E-state index contributed by atoms with van der Waals surface area (Å²) in [5.41, 5.74) is 12.8. The number of hydroxylamine groups is 1. The molecule has 2 heterocycles. The number of aromatic nitrogens is 1. The normalized spacial score (nSPS) is 14.3. The van der Waals surface area contributed by atoms with Crippen LogP contribution >= 0.6 is 0 Å². The van der Waals surface area contributed by atoms with Crippen LogP contribution in [0.1, 0.15) is 32.6 Å². The monoisotopic (exact) mass is 471 g/mol. The minimum Gasteiger partial charge on any atom is -0.369 e. The van der Waals surface area contributed by atoms with Gasteiger partial charge in [0.2, 0.25) is 5.91 Å². The van der Waals surface area contributed by atoms with Crippen LogP contribution in [0.15, 0.2) is 73.1 Å². The van der Waals surface area contributed by atoms with Crippen molar-refractivity contribution in [1.29, 1.82) is 0 Å². The Bertz CT molecular complexity index is 1190. The number of nitrogens with one attached hydrogen (secondary N) is 1. The maximum absolute atomic E-state index is 12.1. The molecule has 0 saturated carbocycles. The van der Waals surface area contributed by atoms with Gasteiger partial charge in [-0.15, -0.1) is 0 Å². The van der Waals surface area contributed by atoms with Gasteiger partial charge in [-0.3, -0.25) is 24.7 Å². The van der Waals surface area contributed by atoms with Crippen LogP contribution in [0, 0.1) is 0 Å². The van der Waals surface area contributed by atoms with Gasteiger partial charge in [0.1, 0.15) is 0 Å². The third-order valence-corrected chi connectivity index (χ3v) is 6.13. The molecule has 1 fully saturated rings. The van der Waals surface area contributed by atoms with Crippen molar-refractivity contribution in [3.8, 4) is 0 Å². The van der Waals surface area contributed by atoms with E-state index in [2.05, 4.69) is 26.9 Å². The first-order valence-corrected chi connectivity index (χ1v) is 11.5. The number of carbonyl (C=O) groups is 2. The molecule has 180 valence electrons. The zero-order chi connectivity index (χ0) is 24.6. The van der Waals surface area contributed by atoms with E-state index in [1.54, 1.807) is 17.8 Å². The first-order chi connectivity index (χ1) is 17.0. The molecule has 1 aliphatic rings. The number of nitrogens with two attached hydrogens (primary N) is 1. The molecule has 0 spiro atoms. The van der Waals surface area contributed by atoms with Crippen LogP contribution in [-0.4, -0.2) is 53.1 Å². The lowest BCUT2D eigenvalue weighted by molar-refractivity contribution is -0.124. The van der Waals surface area contributed by atoms with Crippen molar-refractivity contribution in [3.63, 3.8) is 0 Å². The number of amides is 2. The maximum atomic E-state index is 12.1. The van der Waals surface area contributed by atoms with Gasteiger partial charge < -0.3 is 10.6 Å². The Hall–Kier alpha value is -4.01. The van der Waals surface area contributed by atoms with Crippen LogP contribution in [0.3, 0.4) is 0 Å². The molecule has 8 heteroatoms. The summed E-state index contributed by atoms with van der Waals surface area (Å²) in [6.45, 7) is 4.59. The molecule has 0 bridgehead atoms. The van der Waals surface area contributed by atoms with Crippen molar-refractivity contribution < 1.29 is 14.8 Å². The van der Waals surface area contributed by atoms with Crippen LogP contribution < -0.4 is 16.1 Å². The lowest BCUT2D eigenvalue weighted by Crippen LogP contribution is -2.46. The number of anilines is 1. The standard InChI is InChI=1S/C27H29N5O3/c28-27(34)25-9-8-24(32-14-12-31(13-15-32)19-22-2-1-11-29-18-22)17-23(25)16-21-5-3-20(4-6-21)7-10-26(33)30-35/h1-11,17-18,35H,12-16,19H2,(H2,28,34)(H,30,33). The summed E-state index contributed by atoms with van der Waals surface area (Å²) < 4.78 is 0. The van der Waals surface area contributed by atoms with Gasteiger partial charge in [0.15, 0.2) is 0 Å². The van der Waals surface area contributed by atoms with Crippen molar-refractivity contribution in [1.82, 2.24) is 15.4 Å². The van der Waals surface area contributed by atoms with E-state index in [1.165, 1.54) is 11.6 Å². The second kappa shape index (κ2) is 11.4. The Balaban J connectivity index is 1.44. The van der Waals surface area contributed by atoms with E-state index < -0.39 is 11.8 Å². The SMILES string of the molecule is NC(=O)c1ccc(N2CCN(Cc3cccnc3)CC2)cc1Cc1ccc(C=CC(=O)NO)cc1. The van der Waals surface area contributed by atoms with Gasteiger partial charge in [-0.25, -0.2) is 5.48 Å². The van der Waals surface area contributed by atoms with Gasteiger partial charge in [0, 0.05) is 62.4 Å². The molecule has 1 aromatic heterocycles. The highest BCUT2D eigenvalue weighted by Crippen LogP contribution is 2.24. The van der Waals surface area contributed by atoms with Gasteiger partial charge in [-0.2, -0.15) is 0 Å². The molecule has 4 N–H and O–H groups in total. The molecule has 1 aliphatic heterocycles. The van der Waals surface area contributed by atoms with Gasteiger partial charge in [0.25, 0.3) is 5.91 Å². The third-order valence-electron chi connectivity index (χ3n) is 6.13. The molecule has 0 radical (unpaired) electrons. The summed E-state index contributed by atoms with van der Waals surface area (Å²) in [4.78, 5) is 32.2. The summed E-state index contributed by atoms with van der Waals surface area (Å²) >= 11 is 0. The molecule has 4 rings (SSSR count). The number of rotatable bonds is 8.